The van der Waals surface area contributed by atoms with Crippen molar-refractivity contribution in [3.63, 3.8) is 0 Å². The molecule has 1 aromatic heterocycles. The van der Waals surface area contributed by atoms with Gasteiger partial charge in [-0.25, -0.2) is 4.79 Å². The van der Waals surface area contributed by atoms with Gasteiger partial charge in [-0.3, -0.25) is 33.6 Å². The first kappa shape index (κ1) is 47.8. The van der Waals surface area contributed by atoms with Crippen LogP contribution in [0.3, 0.4) is 0 Å². The molecule has 2 bridgehead atoms. The molecule has 0 fully saturated rings. The molecule has 0 saturated heterocycles. The molecule has 6 amide bonds. The third-order valence-corrected chi connectivity index (χ3v) is 11.7. The highest BCUT2D eigenvalue weighted by Gasteiger charge is 2.34. The van der Waals surface area contributed by atoms with Crippen LogP contribution in [-0.2, 0) is 68.8 Å². The number of benzene rings is 4. The van der Waals surface area contributed by atoms with Crippen molar-refractivity contribution in [3.05, 3.63) is 148 Å². The third kappa shape index (κ3) is 14.2. The van der Waals surface area contributed by atoms with Crippen molar-refractivity contribution in [1.29, 1.82) is 0 Å². The van der Waals surface area contributed by atoms with Crippen molar-refractivity contribution < 1.29 is 48.2 Å². The van der Waals surface area contributed by atoms with Crippen LogP contribution in [0.15, 0.2) is 127 Å². The van der Waals surface area contributed by atoms with E-state index < -0.39 is 84.0 Å². The predicted molar refractivity (Wildman–Crippen MR) is 246 cm³/mol. The second kappa shape index (κ2) is 23.3. The lowest BCUT2D eigenvalue weighted by Crippen LogP contribution is -2.60. The number of hydrogen-bond donors (Lipinski definition) is 7. The normalized spacial score (nSPS) is 19.1. The van der Waals surface area contributed by atoms with E-state index in [0.717, 1.165) is 23.1 Å². The summed E-state index contributed by atoms with van der Waals surface area (Å²) in [7, 11) is 1.04. The number of ether oxygens (including phenoxy) is 1. The van der Waals surface area contributed by atoms with E-state index >= 15 is 0 Å². The minimum absolute atomic E-state index is 0.0362. The summed E-state index contributed by atoms with van der Waals surface area (Å²) in [5.74, 6) is -6.63. The van der Waals surface area contributed by atoms with Gasteiger partial charge in [0.2, 0.25) is 35.4 Å². The number of methoxy groups -OCH3 is 1. The zero-order chi connectivity index (χ0) is 47.0. The minimum Gasteiger partial charge on any atom is -0.481 e. The quantitative estimate of drug-likeness (QED) is 0.0711. The Hall–Kier alpha value is -7.66. The molecule has 5 aromatic rings. The first-order valence-electron chi connectivity index (χ1n) is 21.2. The summed E-state index contributed by atoms with van der Waals surface area (Å²) in [6.45, 7) is 0. The second-order valence-corrected chi connectivity index (χ2v) is 16.7. The van der Waals surface area contributed by atoms with Gasteiger partial charge in [0, 0.05) is 49.1 Å². The van der Waals surface area contributed by atoms with Crippen LogP contribution < -0.4 is 31.9 Å². The number of thiophene rings is 1. The monoisotopic (exact) mass is 914 g/mol. The first-order valence-corrected chi connectivity index (χ1v) is 22.1. The van der Waals surface area contributed by atoms with Crippen molar-refractivity contribution in [2.75, 3.05) is 12.4 Å². The summed E-state index contributed by atoms with van der Waals surface area (Å²) in [6.07, 6.45) is -1.48. The van der Waals surface area contributed by atoms with Crippen LogP contribution in [0.5, 0.6) is 0 Å². The van der Waals surface area contributed by atoms with Crippen molar-refractivity contribution >= 4 is 64.4 Å². The van der Waals surface area contributed by atoms with Crippen LogP contribution >= 0.6 is 11.3 Å². The number of nitrogens with one attached hydrogen (secondary N) is 6. The van der Waals surface area contributed by atoms with Gasteiger partial charge in [-0.05, 0) is 51.4 Å². The van der Waals surface area contributed by atoms with Crippen LogP contribution in [0.1, 0.15) is 40.8 Å². The number of rotatable bonds is 12. The van der Waals surface area contributed by atoms with E-state index in [1.54, 1.807) is 60.7 Å². The smallest absolute Gasteiger partial charge is 0.328 e. The summed E-state index contributed by atoms with van der Waals surface area (Å²) in [5, 5.41) is 27.5. The zero-order valence-electron chi connectivity index (χ0n) is 36.0. The Morgan fingerprint density at radius 1 is 0.652 bits per heavy atom. The molecule has 342 valence electrons. The van der Waals surface area contributed by atoms with Crippen LogP contribution in [0.4, 0.5) is 5.69 Å². The summed E-state index contributed by atoms with van der Waals surface area (Å²) in [5.41, 5.74) is 4.06. The van der Waals surface area contributed by atoms with Gasteiger partial charge in [0.15, 0.2) is 0 Å². The fourth-order valence-corrected chi connectivity index (χ4v) is 8.04. The van der Waals surface area contributed by atoms with Gasteiger partial charge in [0.25, 0.3) is 0 Å². The lowest BCUT2D eigenvalue weighted by Gasteiger charge is -2.27. The Labute approximate surface area is 384 Å². The van der Waals surface area contributed by atoms with E-state index in [1.165, 1.54) is 11.3 Å². The fourth-order valence-electron chi connectivity index (χ4n) is 7.29. The number of hydrogen-bond acceptors (Lipinski definition) is 10. The maximum absolute atomic E-state index is 14.7. The Morgan fingerprint density at radius 2 is 1.21 bits per heavy atom. The maximum atomic E-state index is 14.7. The highest BCUT2D eigenvalue weighted by Crippen LogP contribution is 2.21. The molecule has 4 aromatic carbocycles. The molecule has 7 rings (SSSR count). The molecule has 7 N–H and O–H groups in total. The number of carbonyl (C=O) groups is 8. The highest BCUT2D eigenvalue weighted by atomic mass is 32.1. The molecular formula is C49H50N6O10S. The largest absolute Gasteiger partial charge is 0.481 e. The van der Waals surface area contributed by atoms with Crippen LogP contribution in [0.25, 0.3) is 11.1 Å². The second-order valence-electron chi connectivity index (χ2n) is 15.7. The van der Waals surface area contributed by atoms with E-state index in [9.17, 15) is 43.5 Å². The van der Waals surface area contributed by atoms with Gasteiger partial charge in [0.1, 0.15) is 30.2 Å². The van der Waals surface area contributed by atoms with Crippen LogP contribution in [-0.4, -0.2) is 89.8 Å². The van der Waals surface area contributed by atoms with E-state index in [0.29, 0.717) is 22.4 Å². The van der Waals surface area contributed by atoms with Crippen LogP contribution in [0, 0.1) is 0 Å². The predicted octanol–water partition coefficient (Wildman–Crippen LogP) is 3.49. The molecular weight excluding hydrogens is 865 g/mol. The average Bonchev–Trinajstić information content (AvgIpc) is 3.83. The Morgan fingerprint density at radius 3 is 1.80 bits per heavy atom. The lowest BCUT2D eigenvalue weighted by atomic mass is 9.99. The van der Waals surface area contributed by atoms with Crippen molar-refractivity contribution in [2.45, 2.75) is 75.2 Å². The van der Waals surface area contributed by atoms with Gasteiger partial charge in [-0.1, -0.05) is 103 Å². The molecule has 2 aliphatic heterocycles. The van der Waals surface area contributed by atoms with Crippen molar-refractivity contribution in [3.8, 4) is 11.1 Å². The van der Waals surface area contributed by atoms with Gasteiger partial charge in [0.05, 0.1) is 13.5 Å². The number of carbonyl (C=O) groups excluding carboxylic acids is 7. The highest BCUT2D eigenvalue weighted by molar-refractivity contribution is 7.09. The van der Waals surface area contributed by atoms with E-state index in [2.05, 4.69) is 31.9 Å². The standard InChI is InChI=1S/C49H50N6O10S/c1-65-49(64)41(29-44(58)59)55-47(62)39-27-32-16-20-35(21-17-32)50-42(56)22-23-43(57)51-40(28-36-13-8-24-66-36)48(63)54-38(26-31-14-18-34(19-15-31)33-11-6-3-7-12-33)46(61)52-37(45(60)53-39)25-30-9-4-2-5-10-30/h2-21,24,37-41H,22-23,25-29H2,1H3,(H,50,56)(H,51,57)(H,52,61)(H,53,60)(H,54,63)(H,55,62)(H,58,59)/t37-,38+,39-,40-,41+/m1/s1. The number of carboxylic acids is 1. The number of aliphatic carboxylic acids is 1. The molecule has 0 aliphatic carbocycles. The molecule has 16 nitrogen and oxygen atoms in total. The third-order valence-electron chi connectivity index (χ3n) is 10.8. The van der Waals surface area contributed by atoms with Crippen LogP contribution in [0.2, 0.25) is 0 Å². The number of esters is 1. The lowest BCUT2D eigenvalue weighted by molar-refractivity contribution is -0.149. The molecule has 5 atom stereocenters. The Bertz CT molecular complexity index is 2490. The topological polar surface area (TPSA) is 238 Å². The number of anilines is 1. The molecule has 66 heavy (non-hydrogen) atoms. The first-order chi connectivity index (χ1) is 31.8. The number of amides is 6. The molecule has 0 saturated carbocycles. The maximum Gasteiger partial charge on any atom is 0.328 e. The Kier molecular flexibility index (Phi) is 16.9. The van der Waals surface area contributed by atoms with E-state index in [1.807, 2.05) is 66.0 Å². The summed E-state index contributed by atoms with van der Waals surface area (Å²) < 4.78 is 4.73. The average molecular weight is 915 g/mol. The molecule has 0 spiro atoms. The Balaban J connectivity index is 1.37. The van der Waals surface area contributed by atoms with E-state index in [4.69, 9.17) is 4.74 Å². The number of carboxylic acid groups (broad SMARTS) is 1. The summed E-state index contributed by atoms with van der Waals surface area (Å²) >= 11 is 1.38. The van der Waals surface area contributed by atoms with Gasteiger partial charge in [-0.2, -0.15) is 0 Å². The fraction of sp³-hybridized carbons (Fsp3) is 0.265. The zero-order valence-corrected chi connectivity index (χ0v) is 36.8. The van der Waals surface area contributed by atoms with Crippen molar-refractivity contribution in [1.82, 2.24) is 26.6 Å². The van der Waals surface area contributed by atoms with Gasteiger partial charge in [-0.15, -0.1) is 11.3 Å². The SMILES string of the molecule is COC(=O)[C@H](CC(=O)O)NC(=O)[C@H]1Cc2ccc(cc2)NC(=O)CCC(=O)N[C@H](Cc2cccs2)C(=O)N[C@@H](Cc2ccc(-c3ccccc3)cc2)C(=O)N[C@H](Cc2ccccc2)C(=O)N1. The number of fused-ring (bicyclic) bond motifs is 18. The molecule has 17 heteroatoms. The summed E-state index contributed by atoms with van der Waals surface area (Å²) in [4.78, 5) is 109. The molecule has 0 radical (unpaired) electrons. The van der Waals surface area contributed by atoms with Gasteiger partial charge < -0.3 is 41.7 Å². The van der Waals surface area contributed by atoms with Gasteiger partial charge >= 0.3 is 11.9 Å². The molecule has 3 heterocycles. The minimum atomic E-state index is -1.60. The molecule has 0 unspecified atom stereocenters. The van der Waals surface area contributed by atoms with Crippen molar-refractivity contribution in [2.24, 2.45) is 0 Å². The summed E-state index contributed by atoms with van der Waals surface area (Å²) in [6, 6.07) is 29.0. The van der Waals surface area contributed by atoms with E-state index in [-0.39, 0.29) is 38.5 Å². The molecule has 2 aliphatic rings.